The second-order valence-electron chi connectivity index (χ2n) is 11.4. The minimum atomic E-state index is -0.992. The standard InChI is InChI=1S/C30H37N9O3/c1-15(36-14-25(40)39-19(13-31)11-20-16(2)26(20)39)12-30(29(32)37-38-33)23-7-5-17(27(41)34-3)9-21(23)22-10-18(28(42)35-4)6-8-24(22)30/h5-10,15-16,19-20,26,36,38H,11-12,14,33H2,1-4H3,(H2,32,37)(H,34,41)(H,35,42). The topological polar surface area (TPSA) is 191 Å². The number of hydrogen-bond acceptors (Lipinski definition) is 8. The number of piperidine rings is 1. The molecule has 0 bridgehead atoms. The van der Waals surface area contributed by atoms with E-state index in [2.05, 4.69) is 39.6 Å². The number of fused-ring (bicyclic) bond motifs is 4. The first kappa shape index (κ1) is 29.0. The lowest BCUT2D eigenvalue weighted by Gasteiger charge is -2.34. The van der Waals surface area contributed by atoms with E-state index in [0.717, 1.165) is 28.7 Å². The van der Waals surface area contributed by atoms with Gasteiger partial charge in [0.05, 0.1) is 18.0 Å². The molecule has 3 amide bonds. The average molecular weight is 572 g/mol. The number of nitrogens with two attached hydrogens (primary N) is 2. The van der Waals surface area contributed by atoms with Gasteiger partial charge in [-0.15, -0.1) is 0 Å². The molecule has 2 aromatic rings. The van der Waals surface area contributed by atoms with Crippen LogP contribution in [-0.4, -0.2) is 67.2 Å². The van der Waals surface area contributed by atoms with E-state index in [0.29, 0.717) is 29.4 Å². The Hall–Kier alpha value is -4.47. The summed E-state index contributed by atoms with van der Waals surface area (Å²) in [4.78, 5) is 40.1. The van der Waals surface area contributed by atoms with E-state index in [1.54, 1.807) is 43.3 Å². The molecular weight excluding hydrogens is 534 g/mol. The van der Waals surface area contributed by atoms with Crippen LogP contribution in [0.1, 0.15) is 58.5 Å². The average Bonchev–Trinajstić information content (AvgIpc) is 3.33. The van der Waals surface area contributed by atoms with Gasteiger partial charge in [-0.05, 0) is 78.1 Å². The van der Waals surface area contributed by atoms with Gasteiger partial charge in [0.2, 0.25) is 5.91 Å². The van der Waals surface area contributed by atoms with Crippen LogP contribution < -0.4 is 33.1 Å². The van der Waals surface area contributed by atoms with Crippen molar-refractivity contribution in [3.63, 3.8) is 0 Å². The lowest BCUT2D eigenvalue weighted by atomic mass is 9.72. The number of hydrogen-bond donors (Lipinski definition) is 6. The number of nitrogens with one attached hydrogen (secondary N) is 4. The first-order chi connectivity index (χ1) is 20.1. The second-order valence-corrected chi connectivity index (χ2v) is 11.4. The Bertz CT molecular complexity index is 1450. The van der Waals surface area contributed by atoms with E-state index < -0.39 is 5.41 Å². The molecule has 0 spiro atoms. The van der Waals surface area contributed by atoms with Gasteiger partial charge >= 0.3 is 0 Å². The van der Waals surface area contributed by atoms with Crippen LogP contribution in [0.15, 0.2) is 41.5 Å². The highest BCUT2D eigenvalue weighted by molar-refractivity contribution is 6.06. The Balaban J connectivity index is 1.52. The molecule has 2 aliphatic carbocycles. The quantitative estimate of drug-likeness (QED) is 0.109. The van der Waals surface area contributed by atoms with Crippen molar-refractivity contribution in [1.29, 1.82) is 5.26 Å². The first-order valence-corrected chi connectivity index (χ1v) is 14.1. The van der Waals surface area contributed by atoms with Crippen LogP contribution in [0.3, 0.4) is 0 Å². The molecule has 0 radical (unpaired) electrons. The van der Waals surface area contributed by atoms with Crippen molar-refractivity contribution in [1.82, 2.24) is 26.4 Å². The summed E-state index contributed by atoms with van der Waals surface area (Å²) in [7, 11) is 3.13. The summed E-state index contributed by atoms with van der Waals surface area (Å²) >= 11 is 0. The molecule has 3 aliphatic rings. The van der Waals surface area contributed by atoms with Gasteiger partial charge in [0.15, 0.2) is 0 Å². The van der Waals surface area contributed by atoms with Gasteiger partial charge in [0, 0.05) is 37.3 Å². The first-order valence-electron chi connectivity index (χ1n) is 14.1. The molecule has 12 heteroatoms. The molecule has 5 atom stereocenters. The van der Waals surface area contributed by atoms with E-state index in [-0.39, 0.29) is 48.2 Å². The molecular formula is C30H37N9O3. The zero-order valence-electron chi connectivity index (χ0n) is 24.2. The highest BCUT2D eigenvalue weighted by atomic mass is 16.2. The number of nitriles is 1. The van der Waals surface area contributed by atoms with Gasteiger partial charge in [-0.2, -0.15) is 10.4 Å². The lowest BCUT2D eigenvalue weighted by molar-refractivity contribution is -0.131. The smallest absolute Gasteiger partial charge is 0.251 e. The molecule has 12 nitrogen and oxygen atoms in total. The van der Waals surface area contributed by atoms with Gasteiger partial charge in [0.1, 0.15) is 11.9 Å². The van der Waals surface area contributed by atoms with Crippen molar-refractivity contribution in [3.05, 3.63) is 58.7 Å². The maximum Gasteiger partial charge on any atom is 0.251 e. The van der Waals surface area contributed by atoms with Crippen molar-refractivity contribution in [2.75, 3.05) is 20.6 Å². The van der Waals surface area contributed by atoms with Crippen molar-refractivity contribution >= 4 is 23.6 Å². The number of hydrazine groups is 1. The fraction of sp³-hybridized carbons (Fsp3) is 0.433. The van der Waals surface area contributed by atoms with Crippen molar-refractivity contribution in [2.45, 2.75) is 50.2 Å². The number of amidine groups is 1. The molecule has 8 N–H and O–H groups in total. The predicted molar refractivity (Wildman–Crippen MR) is 158 cm³/mol. The second kappa shape index (κ2) is 11.1. The number of amides is 3. The number of hydrazone groups is 1. The minimum Gasteiger partial charge on any atom is -0.385 e. The third-order valence-electron chi connectivity index (χ3n) is 9.17. The van der Waals surface area contributed by atoms with Crippen LogP contribution in [0.4, 0.5) is 0 Å². The van der Waals surface area contributed by atoms with E-state index in [1.165, 1.54) is 0 Å². The summed E-state index contributed by atoms with van der Waals surface area (Å²) in [5.41, 5.74) is 12.0. The molecule has 2 fully saturated rings. The number of rotatable bonds is 9. The highest BCUT2D eigenvalue weighted by Crippen LogP contribution is 2.53. The summed E-state index contributed by atoms with van der Waals surface area (Å²) in [5, 5.41) is 22.5. The van der Waals surface area contributed by atoms with Crippen molar-refractivity contribution in [3.8, 4) is 17.2 Å². The number of likely N-dealkylation sites (tertiary alicyclic amines) is 1. The van der Waals surface area contributed by atoms with Gasteiger partial charge in [0.25, 0.3) is 11.8 Å². The molecule has 5 rings (SSSR count). The zero-order chi connectivity index (χ0) is 30.3. The summed E-state index contributed by atoms with van der Waals surface area (Å²) in [6.45, 7) is 4.15. The minimum absolute atomic E-state index is 0.0719. The van der Waals surface area contributed by atoms with Crippen LogP contribution in [0.2, 0.25) is 0 Å². The summed E-state index contributed by atoms with van der Waals surface area (Å²) in [6, 6.07) is 12.5. The molecule has 1 aliphatic heterocycles. The Kier molecular flexibility index (Phi) is 7.66. The van der Waals surface area contributed by atoms with Gasteiger partial charge in [-0.25, -0.2) is 11.4 Å². The third kappa shape index (κ3) is 4.55. The van der Waals surface area contributed by atoms with E-state index in [1.807, 2.05) is 19.1 Å². The Morgan fingerprint density at radius 2 is 1.67 bits per heavy atom. The molecule has 220 valence electrons. The van der Waals surface area contributed by atoms with Crippen LogP contribution in [0.5, 0.6) is 0 Å². The maximum absolute atomic E-state index is 13.3. The SMILES string of the molecule is CNC(=O)c1ccc2c(c1)-c1cc(C(=O)NC)ccc1C2(CC(C)NCC(=O)N1C(C#N)CC2C(C)C21)/C(N)=N/NN. The summed E-state index contributed by atoms with van der Waals surface area (Å²) in [6.07, 6.45) is 1.12. The van der Waals surface area contributed by atoms with Gasteiger partial charge in [-0.3, -0.25) is 14.4 Å². The molecule has 0 aromatic heterocycles. The van der Waals surface area contributed by atoms with Crippen LogP contribution in [-0.2, 0) is 10.2 Å². The van der Waals surface area contributed by atoms with E-state index in [4.69, 9.17) is 11.6 Å². The molecule has 1 saturated carbocycles. The molecule has 1 saturated heterocycles. The van der Waals surface area contributed by atoms with Crippen molar-refractivity contribution < 1.29 is 14.4 Å². The fourth-order valence-corrected chi connectivity index (χ4v) is 7.01. The van der Waals surface area contributed by atoms with Gasteiger partial charge < -0.3 is 26.6 Å². The molecule has 1 heterocycles. The van der Waals surface area contributed by atoms with E-state index in [9.17, 15) is 19.6 Å². The van der Waals surface area contributed by atoms with E-state index >= 15 is 0 Å². The highest BCUT2D eigenvalue weighted by Gasteiger charge is 2.60. The van der Waals surface area contributed by atoms with Crippen LogP contribution in [0, 0.1) is 23.2 Å². The van der Waals surface area contributed by atoms with Crippen LogP contribution >= 0.6 is 0 Å². The Morgan fingerprint density at radius 3 is 2.17 bits per heavy atom. The Morgan fingerprint density at radius 1 is 1.10 bits per heavy atom. The largest absolute Gasteiger partial charge is 0.385 e. The normalized spacial score (nSPS) is 23.6. The Labute approximate surface area is 244 Å². The zero-order valence-corrected chi connectivity index (χ0v) is 24.2. The van der Waals surface area contributed by atoms with Crippen LogP contribution in [0.25, 0.3) is 11.1 Å². The van der Waals surface area contributed by atoms with Gasteiger partial charge in [-0.1, -0.05) is 19.1 Å². The van der Waals surface area contributed by atoms with Crippen molar-refractivity contribution in [2.24, 2.45) is 28.5 Å². The summed E-state index contributed by atoms with van der Waals surface area (Å²) < 4.78 is 0. The lowest BCUT2D eigenvalue weighted by Crippen LogP contribution is -2.49. The molecule has 5 unspecified atom stereocenters. The number of carbonyl (C=O) groups is 3. The monoisotopic (exact) mass is 571 g/mol. The number of nitrogens with zero attached hydrogens (tertiary/aromatic N) is 3. The number of carbonyl (C=O) groups excluding carboxylic acids is 3. The molecule has 2 aromatic carbocycles. The number of benzene rings is 2. The summed E-state index contributed by atoms with van der Waals surface area (Å²) in [5.74, 6) is 6.03. The predicted octanol–water partition coefficient (Wildman–Crippen LogP) is 0.535. The third-order valence-corrected chi connectivity index (χ3v) is 9.17. The fourth-order valence-electron chi connectivity index (χ4n) is 7.01. The molecule has 42 heavy (non-hydrogen) atoms. The maximum atomic E-state index is 13.3.